The Morgan fingerprint density at radius 3 is 2.82 bits per heavy atom. The van der Waals surface area contributed by atoms with Crippen molar-refractivity contribution >= 4 is 50.6 Å². The summed E-state index contributed by atoms with van der Waals surface area (Å²) >= 11 is 11.1. The fourth-order valence-corrected chi connectivity index (χ4v) is 3.70. The SMILES string of the molecule is CN(Cc1ccc(Br)s1)C(=O)Nc1cc2c(cc1Cl)OCO2. The number of carbonyl (C=O) groups is 1. The lowest BCUT2D eigenvalue weighted by Gasteiger charge is -2.18. The van der Waals surface area contributed by atoms with E-state index in [0.29, 0.717) is 28.8 Å². The topological polar surface area (TPSA) is 50.8 Å². The standard InChI is InChI=1S/C14H12BrClN2O3S/c1-18(6-8-2-3-13(15)22-8)14(19)17-10-5-12-11(4-9(10)16)20-7-21-12/h2-5H,6-7H2,1H3,(H,17,19). The van der Waals surface area contributed by atoms with E-state index in [9.17, 15) is 4.79 Å². The summed E-state index contributed by atoms with van der Waals surface area (Å²) in [6.07, 6.45) is 0. The van der Waals surface area contributed by atoms with Crippen molar-refractivity contribution in [2.75, 3.05) is 19.2 Å². The van der Waals surface area contributed by atoms with Gasteiger partial charge in [-0.15, -0.1) is 11.3 Å². The summed E-state index contributed by atoms with van der Waals surface area (Å²) in [5, 5.41) is 3.19. The number of carbonyl (C=O) groups excluding carboxylic acids is 1. The molecule has 1 N–H and O–H groups in total. The van der Waals surface area contributed by atoms with Crippen LogP contribution in [0.5, 0.6) is 11.5 Å². The number of ether oxygens (including phenoxy) is 2. The average molecular weight is 404 g/mol. The van der Waals surface area contributed by atoms with Gasteiger partial charge in [0.2, 0.25) is 6.79 Å². The van der Waals surface area contributed by atoms with Gasteiger partial charge in [-0.1, -0.05) is 11.6 Å². The molecule has 0 aliphatic carbocycles. The number of nitrogens with zero attached hydrogens (tertiary/aromatic N) is 1. The van der Waals surface area contributed by atoms with Crippen LogP contribution in [0.2, 0.25) is 5.02 Å². The minimum atomic E-state index is -0.245. The Morgan fingerprint density at radius 1 is 1.41 bits per heavy atom. The van der Waals surface area contributed by atoms with Gasteiger partial charge in [0.05, 0.1) is 21.0 Å². The molecule has 0 spiro atoms. The summed E-state index contributed by atoms with van der Waals surface area (Å²) in [4.78, 5) is 14.9. The van der Waals surface area contributed by atoms with Gasteiger partial charge in [-0.05, 0) is 28.1 Å². The molecule has 1 aromatic heterocycles. The summed E-state index contributed by atoms with van der Waals surface area (Å²) in [5.41, 5.74) is 0.495. The van der Waals surface area contributed by atoms with E-state index < -0.39 is 0 Å². The van der Waals surface area contributed by atoms with E-state index in [4.69, 9.17) is 21.1 Å². The third-order valence-electron chi connectivity index (χ3n) is 3.07. The Kier molecular flexibility index (Phi) is 4.46. The van der Waals surface area contributed by atoms with E-state index in [1.807, 2.05) is 12.1 Å². The smallest absolute Gasteiger partial charge is 0.321 e. The molecule has 1 aliphatic rings. The van der Waals surface area contributed by atoms with Crippen molar-refractivity contribution in [3.8, 4) is 11.5 Å². The van der Waals surface area contributed by atoms with Crippen LogP contribution in [0.25, 0.3) is 0 Å². The summed E-state index contributed by atoms with van der Waals surface area (Å²) < 4.78 is 11.6. The third kappa shape index (κ3) is 3.31. The van der Waals surface area contributed by atoms with Crippen molar-refractivity contribution in [2.45, 2.75) is 6.54 Å². The zero-order chi connectivity index (χ0) is 15.7. The zero-order valence-corrected chi connectivity index (χ0v) is 14.7. The summed E-state index contributed by atoms with van der Waals surface area (Å²) in [5.74, 6) is 1.16. The minimum absolute atomic E-state index is 0.163. The third-order valence-corrected chi connectivity index (χ3v) is 4.99. The van der Waals surface area contributed by atoms with Crippen LogP contribution in [-0.4, -0.2) is 24.8 Å². The van der Waals surface area contributed by atoms with Gasteiger partial charge in [0.1, 0.15) is 0 Å². The summed E-state index contributed by atoms with van der Waals surface area (Å²) in [6.45, 7) is 0.681. The van der Waals surface area contributed by atoms with Crippen LogP contribution in [-0.2, 0) is 6.54 Å². The molecule has 0 unspecified atom stereocenters. The predicted molar refractivity (Wildman–Crippen MR) is 90.1 cm³/mol. The Hall–Kier alpha value is -1.44. The molecule has 2 aromatic rings. The molecule has 2 amide bonds. The fourth-order valence-electron chi connectivity index (χ4n) is 1.97. The van der Waals surface area contributed by atoms with Gasteiger partial charge in [0, 0.05) is 24.1 Å². The number of fused-ring (bicyclic) bond motifs is 1. The first-order valence-corrected chi connectivity index (χ1v) is 8.37. The number of nitrogens with one attached hydrogen (secondary N) is 1. The molecular formula is C14H12BrClN2O3S. The molecule has 0 saturated carbocycles. The van der Waals surface area contributed by atoms with E-state index in [-0.39, 0.29) is 12.8 Å². The lowest BCUT2D eigenvalue weighted by Crippen LogP contribution is -2.30. The highest BCUT2D eigenvalue weighted by molar-refractivity contribution is 9.11. The van der Waals surface area contributed by atoms with Crippen molar-refractivity contribution in [1.29, 1.82) is 0 Å². The molecule has 1 aliphatic heterocycles. The number of hydrogen-bond donors (Lipinski definition) is 1. The fraction of sp³-hybridized carbons (Fsp3) is 0.214. The highest BCUT2D eigenvalue weighted by Gasteiger charge is 2.19. The van der Waals surface area contributed by atoms with E-state index in [1.165, 1.54) is 0 Å². The van der Waals surface area contributed by atoms with Crippen LogP contribution in [0.4, 0.5) is 10.5 Å². The average Bonchev–Trinajstić information content (AvgIpc) is 3.07. The Bertz CT molecular complexity index is 722. The van der Waals surface area contributed by atoms with Crippen LogP contribution in [0, 0.1) is 0 Å². The molecule has 22 heavy (non-hydrogen) atoms. The zero-order valence-electron chi connectivity index (χ0n) is 11.6. The number of halogens is 2. The van der Waals surface area contributed by atoms with Gasteiger partial charge in [-0.3, -0.25) is 0 Å². The number of benzene rings is 1. The van der Waals surface area contributed by atoms with Gasteiger partial charge < -0.3 is 19.7 Å². The van der Waals surface area contributed by atoms with Gasteiger partial charge in [0.15, 0.2) is 11.5 Å². The largest absolute Gasteiger partial charge is 0.454 e. The number of hydrogen-bond acceptors (Lipinski definition) is 4. The van der Waals surface area contributed by atoms with Gasteiger partial charge in [0.25, 0.3) is 0 Å². The van der Waals surface area contributed by atoms with E-state index in [0.717, 1.165) is 8.66 Å². The quantitative estimate of drug-likeness (QED) is 0.817. The molecule has 2 heterocycles. The van der Waals surface area contributed by atoms with Crippen LogP contribution in [0.15, 0.2) is 28.1 Å². The number of rotatable bonds is 3. The number of thiophene rings is 1. The monoisotopic (exact) mass is 402 g/mol. The molecule has 0 bridgehead atoms. The maximum Gasteiger partial charge on any atom is 0.321 e. The lowest BCUT2D eigenvalue weighted by atomic mass is 10.3. The second-order valence-corrected chi connectivity index (χ2v) is 7.63. The van der Waals surface area contributed by atoms with Crippen LogP contribution >= 0.6 is 38.9 Å². The van der Waals surface area contributed by atoms with Crippen LogP contribution < -0.4 is 14.8 Å². The Morgan fingerprint density at radius 2 is 2.14 bits per heavy atom. The number of amides is 2. The second-order valence-electron chi connectivity index (χ2n) is 4.68. The first-order chi connectivity index (χ1) is 10.5. The van der Waals surface area contributed by atoms with Crippen molar-refractivity contribution in [2.24, 2.45) is 0 Å². The molecule has 3 rings (SSSR count). The Labute approximate surface area is 144 Å². The molecular weight excluding hydrogens is 392 g/mol. The highest BCUT2D eigenvalue weighted by atomic mass is 79.9. The first-order valence-electron chi connectivity index (χ1n) is 6.38. The molecule has 0 radical (unpaired) electrons. The lowest BCUT2D eigenvalue weighted by molar-refractivity contribution is 0.174. The summed E-state index contributed by atoms with van der Waals surface area (Å²) in [7, 11) is 1.73. The van der Waals surface area contributed by atoms with Gasteiger partial charge in [-0.2, -0.15) is 0 Å². The first kappa shape index (κ1) is 15.5. The van der Waals surface area contributed by atoms with Crippen molar-refractivity contribution in [1.82, 2.24) is 4.90 Å². The molecule has 0 fully saturated rings. The highest BCUT2D eigenvalue weighted by Crippen LogP contribution is 2.39. The second kappa shape index (κ2) is 6.36. The van der Waals surface area contributed by atoms with E-state index in [1.54, 1.807) is 35.4 Å². The maximum absolute atomic E-state index is 12.3. The van der Waals surface area contributed by atoms with Crippen molar-refractivity contribution < 1.29 is 14.3 Å². The van der Waals surface area contributed by atoms with E-state index in [2.05, 4.69) is 21.2 Å². The predicted octanol–water partition coefficient (Wildman–Crippen LogP) is 4.56. The molecule has 116 valence electrons. The van der Waals surface area contributed by atoms with Gasteiger partial charge >= 0.3 is 6.03 Å². The van der Waals surface area contributed by atoms with Gasteiger partial charge in [-0.25, -0.2) is 4.79 Å². The van der Waals surface area contributed by atoms with Crippen molar-refractivity contribution in [3.63, 3.8) is 0 Å². The van der Waals surface area contributed by atoms with Crippen molar-refractivity contribution in [3.05, 3.63) is 38.0 Å². The number of urea groups is 1. The normalized spacial score (nSPS) is 12.3. The van der Waals surface area contributed by atoms with Crippen LogP contribution in [0.1, 0.15) is 4.88 Å². The summed E-state index contributed by atoms with van der Waals surface area (Å²) in [6, 6.07) is 6.99. The Balaban J connectivity index is 1.68. The molecule has 1 aromatic carbocycles. The molecule has 5 nitrogen and oxygen atoms in total. The molecule has 0 saturated heterocycles. The van der Waals surface area contributed by atoms with E-state index >= 15 is 0 Å². The number of anilines is 1. The maximum atomic E-state index is 12.3. The minimum Gasteiger partial charge on any atom is -0.454 e. The van der Waals surface area contributed by atoms with Crippen LogP contribution in [0.3, 0.4) is 0 Å². The molecule has 0 atom stereocenters. The molecule has 8 heteroatoms.